The van der Waals surface area contributed by atoms with Crippen LogP contribution in [0.2, 0.25) is 0 Å². The maximum Gasteiger partial charge on any atom is 0.294 e. The molecule has 10 heteroatoms. The minimum Gasteiger partial charge on any atom is -0.493 e. The van der Waals surface area contributed by atoms with Gasteiger partial charge in [0.05, 0.1) is 23.6 Å². The van der Waals surface area contributed by atoms with Crippen molar-refractivity contribution in [2.24, 2.45) is 0 Å². The Bertz CT molecular complexity index is 1450. The van der Waals surface area contributed by atoms with Crippen molar-refractivity contribution >= 4 is 40.6 Å². The topological polar surface area (TPSA) is 109 Å². The van der Waals surface area contributed by atoms with E-state index in [1.54, 1.807) is 36.4 Å². The summed E-state index contributed by atoms with van der Waals surface area (Å²) in [5.41, 5.74) is 2.04. The molecular weight excluding hydrogens is 497 g/mol. The molecule has 1 heterocycles. The van der Waals surface area contributed by atoms with Gasteiger partial charge in [-0.05, 0) is 59.8 Å². The van der Waals surface area contributed by atoms with Crippen molar-refractivity contribution in [1.29, 1.82) is 5.26 Å². The van der Waals surface area contributed by atoms with Crippen molar-refractivity contribution in [2.75, 3.05) is 19.0 Å². The summed E-state index contributed by atoms with van der Waals surface area (Å²) in [4.78, 5) is 38.5. The average Bonchev–Trinajstić information content (AvgIpc) is 3.15. The number of halogens is 1. The largest absolute Gasteiger partial charge is 0.493 e. The summed E-state index contributed by atoms with van der Waals surface area (Å²) in [7, 11) is 1.47. The number of methoxy groups -OCH3 is 1. The fraction of sp³-hybridized carbons (Fsp3) is 0.111. The number of hydrogen-bond acceptors (Lipinski definition) is 7. The molecule has 186 valence electrons. The van der Waals surface area contributed by atoms with E-state index >= 15 is 0 Å². The maximum atomic E-state index is 13.3. The molecule has 0 spiro atoms. The van der Waals surface area contributed by atoms with Crippen molar-refractivity contribution in [2.45, 2.75) is 6.61 Å². The molecule has 1 fully saturated rings. The van der Waals surface area contributed by atoms with Gasteiger partial charge >= 0.3 is 0 Å². The highest BCUT2D eigenvalue weighted by molar-refractivity contribution is 8.18. The minimum absolute atomic E-state index is 0.141. The zero-order chi connectivity index (χ0) is 26.4. The van der Waals surface area contributed by atoms with E-state index in [0.29, 0.717) is 34.4 Å². The molecule has 1 N–H and O–H groups in total. The zero-order valence-corrected chi connectivity index (χ0v) is 20.4. The van der Waals surface area contributed by atoms with Crippen LogP contribution in [0.15, 0.2) is 71.6 Å². The molecule has 0 aromatic heterocycles. The van der Waals surface area contributed by atoms with E-state index in [-0.39, 0.29) is 17.2 Å². The number of carbonyl (C=O) groups is 3. The van der Waals surface area contributed by atoms with Crippen LogP contribution in [0.3, 0.4) is 0 Å². The van der Waals surface area contributed by atoms with E-state index in [9.17, 15) is 24.0 Å². The molecular formula is C27H20FN3O5S. The normalized spacial score (nSPS) is 14.0. The maximum absolute atomic E-state index is 13.3. The van der Waals surface area contributed by atoms with Gasteiger partial charge in [0.1, 0.15) is 19.0 Å². The Morgan fingerprint density at radius 3 is 2.68 bits per heavy atom. The van der Waals surface area contributed by atoms with Gasteiger partial charge in [0.2, 0.25) is 5.91 Å². The number of thioether (sulfide) groups is 1. The fourth-order valence-electron chi connectivity index (χ4n) is 3.50. The van der Waals surface area contributed by atoms with Gasteiger partial charge in [-0.2, -0.15) is 5.26 Å². The summed E-state index contributed by atoms with van der Waals surface area (Å²) in [6.07, 6.45) is 1.52. The second-order valence-corrected chi connectivity index (χ2v) is 8.79. The predicted molar refractivity (Wildman–Crippen MR) is 136 cm³/mol. The lowest BCUT2D eigenvalue weighted by molar-refractivity contribution is -0.127. The van der Waals surface area contributed by atoms with Crippen molar-refractivity contribution in [3.63, 3.8) is 0 Å². The number of carbonyl (C=O) groups excluding carboxylic acids is 3. The summed E-state index contributed by atoms with van der Waals surface area (Å²) in [5.74, 6) is -0.927. The van der Waals surface area contributed by atoms with E-state index in [4.69, 9.17) is 9.47 Å². The molecule has 1 aliphatic heterocycles. The Kier molecular flexibility index (Phi) is 7.86. The Morgan fingerprint density at radius 1 is 1.11 bits per heavy atom. The summed E-state index contributed by atoms with van der Waals surface area (Å²) >= 11 is 0.713. The molecule has 0 bridgehead atoms. The number of nitriles is 1. The van der Waals surface area contributed by atoms with E-state index < -0.39 is 29.4 Å². The molecule has 0 unspecified atom stereocenters. The lowest BCUT2D eigenvalue weighted by Gasteiger charge is -2.13. The summed E-state index contributed by atoms with van der Waals surface area (Å²) in [6, 6.07) is 19.5. The number of anilines is 1. The smallest absolute Gasteiger partial charge is 0.294 e. The van der Waals surface area contributed by atoms with Crippen LogP contribution in [0.25, 0.3) is 6.08 Å². The molecule has 1 aliphatic rings. The molecule has 0 radical (unpaired) electrons. The third-order valence-electron chi connectivity index (χ3n) is 5.29. The fourth-order valence-corrected chi connectivity index (χ4v) is 4.34. The number of rotatable bonds is 8. The standard InChI is InChI=1S/C27H20FN3O5S/c1-35-23-11-17(9-10-22(23)36-16-19-6-3-2-5-18(19)14-29)12-24-26(33)31(27(34)37-24)15-25(32)30-21-8-4-7-20(28)13-21/h2-13H,15-16H2,1H3,(H,30,32)/b24-12+. The SMILES string of the molecule is COc1cc(/C=C2/SC(=O)N(CC(=O)Nc3cccc(F)c3)C2=O)ccc1OCc1ccccc1C#N. The third-order valence-corrected chi connectivity index (χ3v) is 6.20. The zero-order valence-electron chi connectivity index (χ0n) is 19.6. The number of imide groups is 1. The third kappa shape index (κ3) is 6.15. The number of benzene rings is 3. The number of hydrogen-bond donors (Lipinski definition) is 1. The molecule has 8 nitrogen and oxygen atoms in total. The van der Waals surface area contributed by atoms with Crippen LogP contribution >= 0.6 is 11.8 Å². The lowest BCUT2D eigenvalue weighted by atomic mass is 10.1. The van der Waals surface area contributed by atoms with Gasteiger partial charge in [-0.25, -0.2) is 4.39 Å². The van der Waals surface area contributed by atoms with Gasteiger partial charge < -0.3 is 14.8 Å². The van der Waals surface area contributed by atoms with Crippen molar-refractivity contribution < 1.29 is 28.2 Å². The highest BCUT2D eigenvalue weighted by Crippen LogP contribution is 2.35. The second kappa shape index (κ2) is 11.4. The van der Waals surface area contributed by atoms with Crippen LogP contribution in [0, 0.1) is 17.1 Å². The lowest BCUT2D eigenvalue weighted by Crippen LogP contribution is -2.36. The first kappa shape index (κ1) is 25.5. The number of nitrogens with zero attached hydrogens (tertiary/aromatic N) is 2. The molecule has 0 aliphatic carbocycles. The summed E-state index contributed by atoms with van der Waals surface area (Å²) in [5, 5.41) is 11.1. The Hall–Kier alpha value is -4.62. The molecule has 4 rings (SSSR count). The average molecular weight is 518 g/mol. The quantitative estimate of drug-likeness (QED) is 0.421. The first-order valence-electron chi connectivity index (χ1n) is 11.0. The highest BCUT2D eigenvalue weighted by Gasteiger charge is 2.36. The van der Waals surface area contributed by atoms with Crippen LogP contribution in [0.4, 0.5) is 14.9 Å². The van der Waals surface area contributed by atoms with Gasteiger partial charge in [-0.3, -0.25) is 19.3 Å². The Labute approximate surface area is 216 Å². The van der Waals surface area contributed by atoms with Gasteiger partial charge in [0.25, 0.3) is 11.1 Å². The van der Waals surface area contributed by atoms with E-state index in [2.05, 4.69) is 11.4 Å². The molecule has 0 saturated carbocycles. The van der Waals surface area contributed by atoms with Crippen LogP contribution in [-0.4, -0.2) is 35.6 Å². The molecule has 3 aromatic carbocycles. The molecule has 0 atom stereocenters. The van der Waals surface area contributed by atoms with Crippen LogP contribution in [0.1, 0.15) is 16.7 Å². The Balaban J connectivity index is 1.44. The second-order valence-electron chi connectivity index (χ2n) is 7.79. The van der Waals surface area contributed by atoms with E-state index in [0.717, 1.165) is 16.5 Å². The van der Waals surface area contributed by atoms with Crippen molar-refractivity contribution in [3.05, 3.63) is 94.1 Å². The number of nitrogens with one attached hydrogen (secondary N) is 1. The summed E-state index contributed by atoms with van der Waals surface area (Å²) in [6.45, 7) is -0.338. The molecule has 1 saturated heterocycles. The molecule has 3 aromatic rings. The highest BCUT2D eigenvalue weighted by atomic mass is 32.2. The summed E-state index contributed by atoms with van der Waals surface area (Å²) < 4.78 is 24.6. The van der Waals surface area contributed by atoms with Crippen LogP contribution < -0.4 is 14.8 Å². The monoisotopic (exact) mass is 517 g/mol. The van der Waals surface area contributed by atoms with E-state index in [1.165, 1.54) is 31.4 Å². The van der Waals surface area contributed by atoms with Crippen molar-refractivity contribution in [1.82, 2.24) is 4.90 Å². The molecule has 37 heavy (non-hydrogen) atoms. The number of ether oxygens (including phenoxy) is 2. The van der Waals surface area contributed by atoms with Gasteiger partial charge in [-0.15, -0.1) is 0 Å². The first-order valence-corrected chi connectivity index (χ1v) is 11.8. The van der Waals surface area contributed by atoms with E-state index in [1.807, 2.05) is 6.07 Å². The van der Waals surface area contributed by atoms with Crippen molar-refractivity contribution in [3.8, 4) is 17.6 Å². The molecule has 3 amide bonds. The van der Waals surface area contributed by atoms with Crippen LogP contribution in [0.5, 0.6) is 11.5 Å². The van der Waals surface area contributed by atoms with Gasteiger partial charge in [0, 0.05) is 11.3 Å². The Morgan fingerprint density at radius 2 is 1.92 bits per heavy atom. The van der Waals surface area contributed by atoms with Crippen LogP contribution in [-0.2, 0) is 16.2 Å². The first-order chi connectivity index (χ1) is 17.9. The minimum atomic E-state index is -0.629. The van der Waals surface area contributed by atoms with Gasteiger partial charge in [-0.1, -0.05) is 30.3 Å². The van der Waals surface area contributed by atoms with Gasteiger partial charge in [0.15, 0.2) is 11.5 Å². The number of amides is 3. The predicted octanol–water partition coefficient (Wildman–Crippen LogP) is 4.96.